The Hall–Kier alpha value is -3.60. The summed E-state index contributed by atoms with van der Waals surface area (Å²) in [7, 11) is 0. The Morgan fingerprint density at radius 2 is 1.69 bits per heavy atom. The summed E-state index contributed by atoms with van der Waals surface area (Å²) < 4.78 is 5.32. The molecular formula is C21H17N3O2. The molecule has 26 heavy (non-hydrogen) atoms. The highest BCUT2D eigenvalue weighted by Crippen LogP contribution is 2.22. The van der Waals surface area contributed by atoms with Gasteiger partial charge in [-0.2, -0.15) is 0 Å². The molecule has 0 unspecified atom stereocenters. The number of hydrogen-bond donors (Lipinski definition) is 1. The van der Waals surface area contributed by atoms with Gasteiger partial charge >= 0.3 is 0 Å². The highest BCUT2D eigenvalue weighted by Gasteiger charge is 2.33. The molecule has 1 saturated heterocycles. The molecule has 0 aliphatic carbocycles. The Morgan fingerprint density at radius 3 is 2.38 bits per heavy atom. The molecule has 1 N–H and O–H groups in total. The molecule has 0 spiro atoms. The molecule has 0 atom stereocenters. The van der Waals surface area contributed by atoms with Crippen molar-refractivity contribution in [1.82, 2.24) is 5.32 Å². The zero-order valence-electron chi connectivity index (χ0n) is 14.0. The fraction of sp³-hybridized carbons (Fsp3) is 0.0476. The van der Waals surface area contributed by atoms with E-state index in [2.05, 4.69) is 10.3 Å². The summed E-state index contributed by atoms with van der Waals surface area (Å²) in [5.41, 5.74) is 2.26. The second-order valence-corrected chi connectivity index (χ2v) is 5.80. The molecule has 1 amide bonds. The lowest BCUT2D eigenvalue weighted by atomic mass is 10.2. The van der Waals surface area contributed by atoms with Crippen LogP contribution >= 0.6 is 0 Å². The smallest absolute Gasteiger partial charge is 0.281 e. The molecule has 5 heteroatoms. The molecule has 3 aromatic rings. The van der Waals surface area contributed by atoms with Gasteiger partial charge in [-0.05, 0) is 29.8 Å². The number of hydrogen-bond acceptors (Lipinski definition) is 3. The summed E-state index contributed by atoms with van der Waals surface area (Å²) in [6.45, 7) is 0.480. The molecule has 128 valence electrons. The lowest BCUT2D eigenvalue weighted by Crippen LogP contribution is -2.32. The Labute approximate surface area is 151 Å². The van der Waals surface area contributed by atoms with Crippen LogP contribution in [-0.2, 0) is 11.3 Å². The number of amides is 1. The third kappa shape index (κ3) is 3.28. The lowest BCUT2D eigenvalue weighted by molar-refractivity contribution is -0.113. The summed E-state index contributed by atoms with van der Waals surface area (Å²) in [6, 6.07) is 23.0. The Morgan fingerprint density at radius 1 is 0.962 bits per heavy atom. The first-order valence-corrected chi connectivity index (χ1v) is 8.31. The molecule has 1 aromatic heterocycles. The molecule has 0 bridgehead atoms. The maximum atomic E-state index is 12.9. The minimum absolute atomic E-state index is 0.167. The van der Waals surface area contributed by atoms with Crippen molar-refractivity contribution in [2.45, 2.75) is 6.54 Å². The zero-order valence-corrected chi connectivity index (χ0v) is 14.0. The molecular weight excluding hydrogens is 326 g/mol. The monoisotopic (exact) mass is 343 g/mol. The number of anilines is 1. The third-order valence-corrected chi connectivity index (χ3v) is 3.99. The number of aliphatic imine (C=N–C) groups is 1. The van der Waals surface area contributed by atoms with Crippen LogP contribution < -0.4 is 10.2 Å². The van der Waals surface area contributed by atoms with Gasteiger partial charge in [-0.1, -0.05) is 48.5 Å². The van der Waals surface area contributed by atoms with E-state index in [1.165, 1.54) is 0 Å². The van der Waals surface area contributed by atoms with Gasteiger partial charge in [0.25, 0.3) is 5.91 Å². The van der Waals surface area contributed by atoms with Gasteiger partial charge in [0.1, 0.15) is 11.5 Å². The number of benzene rings is 2. The molecule has 0 radical (unpaired) electrons. The number of guanidine groups is 1. The quantitative estimate of drug-likeness (QED) is 0.733. The van der Waals surface area contributed by atoms with Crippen molar-refractivity contribution in [3.8, 4) is 0 Å². The van der Waals surface area contributed by atoms with Gasteiger partial charge in [0.15, 0.2) is 0 Å². The molecule has 2 heterocycles. The average molecular weight is 343 g/mol. The summed E-state index contributed by atoms with van der Waals surface area (Å²) in [5.74, 6) is 0.945. The van der Waals surface area contributed by atoms with E-state index in [0.717, 1.165) is 11.3 Å². The van der Waals surface area contributed by atoms with Crippen LogP contribution in [0.5, 0.6) is 0 Å². The van der Waals surface area contributed by atoms with Gasteiger partial charge < -0.3 is 9.73 Å². The fourth-order valence-electron chi connectivity index (χ4n) is 2.74. The van der Waals surface area contributed by atoms with E-state index in [9.17, 15) is 4.79 Å². The van der Waals surface area contributed by atoms with Crippen LogP contribution in [0.3, 0.4) is 0 Å². The first kappa shape index (κ1) is 15.9. The van der Waals surface area contributed by atoms with Gasteiger partial charge in [0.05, 0.1) is 18.5 Å². The number of para-hydroxylation sites is 1. The maximum Gasteiger partial charge on any atom is 0.281 e. The number of rotatable bonds is 4. The van der Waals surface area contributed by atoms with Crippen LogP contribution in [0.4, 0.5) is 5.69 Å². The Bertz CT molecular complexity index is 945. The second kappa shape index (κ2) is 7.11. The standard InChI is InChI=1S/C21H17N3O2/c25-20-19(14-18-12-7-13-26-18)23-21(22-15-16-8-3-1-4-9-16)24(20)17-10-5-2-6-11-17/h1-14H,15H2,(H,22,23)/b19-14-. The van der Waals surface area contributed by atoms with Crippen LogP contribution in [-0.4, -0.2) is 11.9 Å². The molecule has 4 rings (SSSR count). The van der Waals surface area contributed by atoms with Crippen LogP contribution in [0.1, 0.15) is 11.3 Å². The number of nitrogens with one attached hydrogen (secondary N) is 1. The van der Waals surface area contributed by atoms with Crippen LogP contribution in [0, 0.1) is 0 Å². The van der Waals surface area contributed by atoms with Crippen LogP contribution in [0.25, 0.3) is 6.08 Å². The van der Waals surface area contributed by atoms with E-state index < -0.39 is 0 Å². The molecule has 1 fully saturated rings. The van der Waals surface area contributed by atoms with Gasteiger partial charge in [0.2, 0.25) is 5.96 Å². The van der Waals surface area contributed by atoms with Crippen LogP contribution in [0.15, 0.2) is 94.2 Å². The second-order valence-electron chi connectivity index (χ2n) is 5.80. The first-order valence-electron chi connectivity index (χ1n) is 8.31. The highest BCUT2D eigenvalue weighted by molar-refractivity contribution is 6.29. The number of furan rings is 1. The SMILES string of the molecule is O=C1/C(=C/c2ccco2)NC(=NCc2ccccc2)N1c1ccccc1. The summed E-state index contributed by atoms with van der Waals surface area (Å²) in [5, 5.41) is 3.13. The Balaban J connectivity index is 1.68. The van der Waals surface area contributed by atoms with E-state index >= 15 is 0 Å². The van der Waals surface area contributed by atoms with E-state index in [0.29, 0.717) is 24.0 Å². The largest absolute Gasteiger partial charge is 0.465 e. The van der Waals surface area contributed by atoms with Gasteiger partial charge in [-0.15, -0.1) is 0 Å². The maximum absolute atomic E-state index is 12.9. The number of carbonyl (C=O) groups is 1. The van der Waals surface area contributed by atoms with E-state index in [4.69, 9.17) is 4.42 Å². The van der Waals surface area contributed by atoms with Crippen molar-refractivity contribution in [2.24, 2.45) is 4.99 Å². The minimum Gasteiger partial charge on any atom is -0.465 e. The predicted molar refractivity (Wildman–Crippen MR) is 101 cm³/mol. The summed E-state index contributed by atoms with van der Waals surface area (Å²) in [4.78, 5) is 19.1. The van der Waals surface area contributed by atoms with Crippen molar-refractivity contribution >= 4 is 23.6 Å². The van der Waals surface area contributed by atoms with Crippen LogP contribution in [0.2, 0.25) is 0 Å². The van der Waals surface area contributed by atoms with Crippen molar-refractivity contribution in [3.63, 3.8) is 0 Å². The highest BCUT2D eigenvalue weighted by atomic mass is 16.3. The molecule has 0 saturated carbocycles. The first-order chi connectivity index (χ1) is 12.8. The van der Waals surface area contributed by atoms with Crippen molar-refractivity contribution < 1.29 is 9.21 Å². The topological polar surface area (TPSA) is 57.8 Å². The normalized spacial score (nSPS) is 17.1. The van der Waals surface area contributed by atoms with E-state index in [-0.39, 0.29) is 5.91 Å². The molecule has 1 aliphatic heterocycles. The molecule has 1 aliphatic rings. The van der Waals surface area contributed by atoms with Gasteiger partial charge in [0, 0.05) is 6.08 Å². The summed E-state index contributed by atoms with van der Waals surface area (Å²) in [6.07, 6.45) is 3.26. The minimum atomic E-state index is -0.167. The van der Waals surface area contributed by atoms with Gasteiger partial charge in [-0.3, -0.25) is 4.79 Å². The average Bonchev–Trinajstić information content (AvgIpc) is 3.30. The lowest BCUT2D eigenvalue weighted by Gasteiger charge is -2.15. The van der Waals surface area contributed by atoms with Gasteiger partial charge in [-0.25, -0.2) is 9.89 Å². The third-order valence-electron chi connectivity index (χ3n) is 3.99. The van der Waals surface area contributed by atoms with Crippen molar-refractivity contribution in [2.75, 3.05) is 4.90 Å². The van der Waals surface area contributed by atoms with Crippen molar-refractivity contribution in [3.05, 3.63) is 96.1 Å². The fourth-order valence-corrected chi connectivity index (χ4v) is 2.74. The number of nitrogens with zero attached hydrogens (tertiary/aromatic N) is 2. The van der Waals surface area contributed by atoms with Crippen molar-refractivity contribution in [1.29, 1.82) is 0 Å². The zero-order chi connectivity index (χ0) is 17.8. The predicted octanol–water partition coefficient (Wildman–Crippen LogP) is 3.81. The van der Waals surface area contributed by atoms with E-state index in [1.54, 1.807) is 29.4 Å². The molecule has 5 nitrogen and oxygen atoms in total. The van der Waals surface area contributed by atoms with E-state index in [1.807, 2.05) is 60.7 Å². The Kier molecular flexibility index (Phi) is 4.35. The molecule has 2 aromatic carbocycles. The summed E-state index contributed by atoms with van der Waals surface area (Å²) >= 11 is 0. The number of carbonyl (C=O) groups excluding carboxylic acids is 1.